The van der Waals surface area contributed by atoms with Crippen LogP contribution < -0.4 is 10.2 Å². The molecule has 3 atom stereocenters. The summed E-state index contributed by atoms with van der Waals surface area (Å²) in [6.45, 7) is 5.77. The molecule has 4 heteroatoms. The van der Waals surface area contributed by atoms with Gasteiger partial charge in [-0.3, -0.25) is 0 Å². The van der Waals surface area contributed by atoms with Gasteiger partial charge in [-0.05, 0) is 30.6 Å². The van der Waals surface area contributed by atoms with Crippen molar-refractivity contribution in [3.05, 3.63) is 0 Å². The number of hydrogen-bond donors (Lipinski definition) is 0. The summed E-state index contributed by atoms with van der Waals surface area (Å²) >= 11 is 0. The summed E-state index contributed by atoms with van der Waals surface area (Å²) in [5, 5.41) is 20.9. The van der Waals surface area contributed by atoms with Crippen molar-refractivity contribution in [2.24, 2.45) is 17.8 Å². The fraction of sp³-hybridized carbons (Fsp3) is 0.867. The monoisotopic (exact) mass is 270 g/mol. The molecule has 0 saturated heterocycles. The van der Waals surface area contributed by atoms with Gasteiger partial charge in [0.1, 0.15) is 0 Å². The number of hydrogen-bond acceptors (Lipinski definition) is 4. The van der Waals surface area contributed by atoms with Gasteiger partial charge in [0.05, 0.1) is 0 Å². The third-order valence-corrected chi connectivity index (χ3v) is 3.65. The molecule has 0 aromatic rings. The van der Waals surface area contributed by atoms with Crippen LogP contribution in [0.25, 0.3) is 0 Å². The van der Waals surface area contributed by atoms with Crippen molar-refractivity contribution in [1.82, 2.24) is 0 Å². The fourth-order valence-electron chi connectivity index (χ4n) is 2.24. The van der Waals surface area contributed by atoms with Gasteiger partial charge < -0.3 is 19.8 Å². The van der Waals surface area contributed by atoms with Crippen LogP contribution in [0.3, 0.4) is 0 Å². The maximum atomic E-state index is 10.5. The van der Waals surface area contributed by atoms with Gasteiger partial charge in [0.15, 0.2) is 0 Å². The maximum Gasteiger partial charge on any atom is 0.0442 e. The Morgan fingerprint density at radius 1 is 0.842 bits per heavy atom. The van der Waals surface area contributed by atoms with E-state index >= 15 is 0 Å². The molecule has 0 bridgehead atoms. The minimum absolute atomic E-state index is 0.136. The number of rotatable bonds is 11. The van der Waals surface area contributed by atoms with E-state index in [-0.39, 0.29) is 18.3 Å². The van der Waals surface area contributed by atoms with E-state index in [2.05, 4.69) is 6.92 Å². The zero-order valence-electron chi connectivity index (χ0n) is 12.3. The summed E-state index contributed by atoms with van der Waals surface area (Å²) in [6.07, 6.45) is 5.74. The van der Waals surface area contributed by atoms with E-state index < -0.39 is 11.9 Å². The van der Waals surface area contributed by atoms with Crippen LogP contribution in [0.5, 0.6) is 0 Å². The lowest BCUT2D eigenvalue weighted by Gasteiger charge is -2.16. The smallest absolute Gasteiger partial charge is 0.0442 e. The summed E-state index contributed by atoms with van der Waals surface area (Å²) in [5.74, 6) is -1.57. The highest BCUT2D eigenvalue weighted by Gasteiger charge is 2.08. The van der Waals surface area contributed by atoms with E-state index in [9.17, 15) is 19.8 Å². The minimum atomic E-state index is -0.975. The number of carbonyl (C=O) groups is 2. The second-order valence-corrected chi connectivity index (χ2v) is 5.87. The van der Waals surface area contributed by atoms with E-state index in [1.165, 1.54) is 0 Å². The lowest BCUT2D eigenvalue weighted by atomic mass is 9.92. The van der Waals surface area contributed by atoms with Crippen molar-refractivity contribution in [3.63, 3.8) is 0 Å². The average molecular weight is 270 g/mol. The SMILES string of the molecule is CC(CCCC(C)CC(=O)[O-])CCCC(C)C(=O)[O-]. The Hall–Kier alpha value is -1.06. The van der Waals surface area contributed by atoms with Crippen LogP contribution in [0.15, 0.2) is 0 Å². The van der Waals surface area contributed by atoms with Crippen LogP contribution in [0.1, 0.15) is 65.7 Å². The molecule has 0 rings (SSSR count). The molecule has 0 fully saturated rings. The summed E-state index contributed by atoms with van der Waals surface area (Å²) < 4.78 is 0. The molecule has 0 N–H and O–H groups in total. The quantitative estimate of drug-likeness (QED) is 0.563. The van der Waals surface area contributed by atoms with Crippen LogP contribution in [0, 0.1) is 17.8 Å². The van der Waals surface area contributed by atoms with Gasteiger partial charge in [0.25, 0.3) is 0 Å². The molecule has 0 aliphatic carbocycles. The molecule has 0 spiro atoms. The minimum Gasteiger partial charge on any atom is -0.550 e. The first kappa shape index (κ1) is 17.9. The number of carbonyl (C=O) groups excluding carboxylic acids is 2. The third-order valence-electron chi connectivity index (χ3n) is 3.65. The van der Waals surface area contributed by atoms with E-state index in [1.807, 2.05) is 6.92 Å². The van der Waals surface area contributed by atoms with Crippen LogP contribution in [0.2, 0.25) is 0 Å². The molecule has 4 nitrogen and oxygen atoms in total. The molecular formula is C15H26O4-2. The second-order valence-electron chi connectivity index (χ2n) is 5.87. The Morgan fingerprint density at radius 3 is 1.79 bits per heavy atom. The first-order valence-corrected chi connectivity index (χ1v) is 7.23. The molecule has 0 aliphatic heterocycles. The van der Waals surface area contributed by atoms with E-state index in [4.69, 9.17) is 0 Å². The summed E-state index contributed by atoms with van der Waals surface area (Å²) in [6, 6.07) is 0. The number of aliphatic carboxylic acids is 2. The largest absolute Gasteiger partial charge is 0.550 e. The highest BCUT2D eigenvalue weighted by Crippen LogP contribution is 2.20. The normalized spacial score (nSPS) is 15.7. The Labute approximate surface area is 116 Å². The zero-order valence-corrected chi connectivity index (χ0v) is 12.3. The van der Waals surface area contributed by atoms with Crippen molar-refractivity contribution >= 4 is 11.9 Å². The average Bonchev–Trinajstić information content (AvgIpc) is 2.27. The molecule has 19 heavy (non-hydrogen) atoms. The molecule has 0 amide bonds. The van der Waals surface area contributed by atoms with Gasteiger partial charge in [-0.1, -0.05) is 52.9 Å². The third kappa shape index (κ3) is 10.5. The highest BCUT2D eigenvalue weighted by atomic mass is 16.4. The molecule has 0 radical (unpaired) electrons. The fourth-order valence-corrected chi connectivity index (χ4v) is 2.24. The first-order valence-electron chi connectivity index (χ1n) is 7.23. The lowest BCUT2D eigenvalue weighted by Crippen LogP contribution is -2.29. The molecule has 3 unspecified atom stereocenters. The van der Waals surface area contributed by atoms with Crippen LogP contribution in [-0.4, -0.2) is 11.9 Å². The topological polar surface area (TPSA) is 80.3 Å². The summed E-state index contributed by atoms with van der Waals surface area (Å²) in [4.78, 5) is 20.9. The predicted octanol–water partition coefficient (Wildman–Crippen LogP) is 1.13. The van der Waals surface area contributed by atoms with E-state index in [1.54, 1.807) is 6.92 Å². The van der Waals surface area contributed by atoms with Gasteiger partial charge in [0, 0.05) is 11.9 Å². The molecule has 0 aromatic heterocycles. The highest BCUT2D eigenvalue weighted by molar-refractivity contribution is 5.66. The van der Waals surface area contributed by atoms with Crippen molar-refractivity contribution in [1.29, 1.82) is 0 Å². The van der Waals surface area contributed by atoms with Gasteiger partial charge in [-0.25, -0.2) is 0 Å². The predicted molar refractivity (Wildman–Crippen MR) is 69.8 cm³/mol. The standard InChI is InChI=1S/C15H28O4/c1-11(7-5-9-13(3)15(18)19)6-4-8-12(2)10-14(16)17/h11-13H,4-10H2,1-3H3,(H,16,17)(H,18,19)/p-2. The van der Waals surface area contributed by atoms with Crippen LogP contribution in [-0.2, 0) is 9.59 Å². The van der Waals surface area contributed by atoms with E-state index in [0.717, 1.165) is 32.1 Å². The lowest BCUT2D eigenvalue weighted by molar-refractivity contribution is -0.311. The van der Waals surface area contributed by atoms with Crippen LogP contribution >= 0.6 is 0 Å². The molecule has 0 aromatic carbocycles. The Morgan fingerprint density at radius 2 is 1.32 bits per heavy atom. The summed E-state index contributed by atoms with van der Waals surface area (Å²) in [5.41, 5.74) is 0. The number of carboxylic acid groups (broad SMARTS) is 2. The molecule has 112 valence electrons. The van der Waals surface area contributed by atoms with Crippen molar-refractivity contribution < 1.29 is 19.8 Å². The second kappa shape index (κ2) is 9.82. The Balaban J connectivity index is 3.56. The van der Waals surface area contributed by atoms with Gasteiger partial charge >= 0.3 is 0 Å². The molecule has 0 aliphatic rings. The van der Waals surface area contributed by atoms with Crippen molar-refractivity contribution in [3.8, 4) is 0 Å². The Bertz CT molecular complexity index is 275. The zero-order chi connectivity index (χ0) is 14.8. The van der Waals surface area contributed by atoms with Gasteiger partial charge in [-0.15, -0.1) is 0 Å². The van der Waals surface area contributed by atoms with Crippen LogP contribution in [0.4, 0.5) is 0 Å². The van der Waals surface area contributed by atoms with Crippen molar-refractivity contribution in [2.45, 2.75) is 65.7 Å². The van der Waals surface area contributed by atoms with Gasteiger partial charge in [-0.2, -0.15) is 0 Å². The first-order chi connectivity index (χ1) is 8.82. The molecule has 0 heterocycles. The molecule has 0 saturated carbocycles. The maximum absolute atomic E-state index is 10.5. The number of carboxylic acids is 2. The van der Waals surface area contributed by atoms with Gasteiger partial charge in [0.2, 0.25) is 0 Å². The summed E-state index contributed by atoms with van der Waals surface area (Å²) in [7, 11) is 0. The molecular weight excluding hydrogens is 244 g/mol. The Kier molecular flexibility index (Phi) is 9.27. The van der Waals surface area contributed by atoms with Crippen molar-refractivity contribution in [2.75, 3.05) is 0 Å². The van der Waals surface area contributed by atoms with E-state index in [0.29, 0.717) is 12.3 Å².